The highest BCUT2D eigenvalue weighted by Gasteiger charge is 2.21. The van der Waals surface area contributed by atoms with Gasteiger partial charge in [-0.1, -0.05) is 12.1 Å². The van der Waals surface area contributed by atoms with Gasteiger partial charge in [0.1, 0.15) is 5.69 Å². The number of hydrogen-bond acceptors (Lipinski definition) is 4. The van der Waals surface area contributed by atoms with Gasteiger partial charge in [-0.3, -0.25) is 9.48 Å². The number of aryl methyl sites for hydroxylation is 2. The van der Waals surface area contributed by atoms with Gasteiger partial charge in [0.2, 0.25) is 0 Å². The molecule has 1 aromatic carbocycles. The first-order chi connectivity index (χ1) is 9.93. The first-order valence-electron chi connectivity index (χ1n) is 6.47. The molecule has 1 amide bonds. The van der Waals surface area contributed by atoms with Crippen molar-refractivity contribution in [3.8, 4) is 6.07 Å². The highest BCUT2D eigenvalue weighted by atomic mass is 16.2. The van der Waals surface area contributed by atoms with Gasteiger partial charge < -0.3 is 10.6 Å². The lowest BCUT2D eigenvalue weighted by molar-refractivity contribution is 0.0775. The third-order valence-corrected chi connectivity index (χ3v) is 3.32. The predicted octanol–water partition coefficient (Wildman–Crippen LogP) is 1.45. The lowest BCUT2D eigenvalue weighted by atomic mass is 10.1. The van der Waals surface area contributed by atoms with Gasteiger partial charge in [0.05, 0.1) is 23.0 Å². The molecule has 1 aromatic heterocycles. The zero-order valence-electron chi connectivity index (χ0n) is 12.3. The Balaban J connectivity index is 2.17. The van der Waals surface area contributed by atoms with Crippen LogP contribution in [-0.2, 0) is 13.6 Å². The Bertz CT molecular complexity index is 709. The fourth-order valence-electron chi connectivity index (χ4n) is 2.14. The molecule has 0 spiro atoms. The Kier molecular flexibility index (Phi) is 3.94. The number of nitrogens with two attached hydrogens (primary N) is 1. The van der Waals surface area contributed by atoms with Crippen LogP contribution >= 0.6 is 0 Å². The average molecular weight is 283 g/mol. The van der Waals surface area contributed by atoms with Gasteiger partial charge in [0.15, 0.2) is 0 Å². The molecule has 6 nitrogen and oxygen atoms in total. The van der Waals surface area contributed by atoms with E-state index in [2.05, 4.69) is 11.2 Å². The van der Waals surface area contributed by atoms with Gasteiger partial charge in [-0.05, 0) is 24.6 Å². The van der Waals surface area contributed by atoms with E-state index in [0.29, 0.717) is 29.2 Å². The molecule has 0 atom stereocenters. The highest BCUT2D eigenvalue weighted by Crippen LogP contribution is 2.18. The van der Waals surface area contributed by atoms with Crippen molar-refractivity contribution >= 4 is 11.6 Å². The summed E-state index contributed by atoms with van der Waals surface area (Å²) in [5, 5.41) is 12.9. The van der Waals surface area contributed by atoms with E-state index in [-0.39, 0.29) is 5.91 Å². The monoisotopic (exact) mass is 283 g/mol. The fraction of sp³-hybridized carbons (Fsp3) is 0.267. The maximum Gasteiger partial charge on any atom is 0.274 e. The second-order valence-electron chi connectivity index (χ2n) is 4.94. The molecule has 0 bridgehead atoms. The van der Waals surface area contributed by atoms with Gasteiger partial charge in [-0.15, -0.1) is 0 Å². The molecule has 0 radical (unpaired) electrons. The number of carbonyl (C=O) groups is 1. The van der Waals surface area contributed by atoms with Gasteiger partial charge >= 0.3 is 0 Å². The van der Waals surface area contributed by atoms with Crippen LogP contribution in [-0.4, -0.2) is 27.6 Å². The van der Waals surface area contributed by atoms with Crippen LogP contribution in [0.3, 0.4) is 0 Å². The number of nitrogens with zero attached hydrogens (tertiary/aromatic N) is 4. The number of rotatable bonds is 3. The molecule has 0 aliphatic heterocycles. The number of anilines is 1. The molecule has 0 fully saturated rings. The Morgan fingerprint density at radius 2 is 2.05 bits per heavy atom. The number of hydrogen-bond donors (Lipinski definition) is 1. The van der Waals surface area contributed by atoms with Crippen molar-refractivity contribution in [2.24, 2.45) is 7.05 Å². The maximum absolute atomic E-state index is 12.5. The largest absolute Gasteiger partial charge is 0.395 e. The molecule has 0 saturated heterocycles. The lowest BCUT2D eigenvalue weighted by Crippen LogP contribution is -2.28. The molecule has 0 saturated carbocycles. The molecule has 0 unspecified atom stereocenters. The van der Waals surface area contributed by atoms with E-state index in [0.717, 1.165) is 5.56 Å². The third kappa shape index (κ3) is 2.87. The Hall–Kier alpha value is -2.81. The normalized spacial score (nSPS) is 10.2. The summed E-state index contributed by atoms with van der Waals surface area (Å²) in [4.78, 5) is 14.0. The minimum absolute atomic E-state index is 0.181. The SMILES string of the molecule is Cc1nn(C)c(C(=O)N(C)Cc2ccc(C#N)cc2)c1N. The maximum atomic E-state index is 12.5. The molecule has 2 N–H and O–H groups in total. The van der Waals surface area contributed by atoms with Crippen molar-refractivity contribution in [3.05, 3.63) is 46.8 Å². The van der Waals surface area contributed by atoms with Gasteiger partial charge in [0, 0.05) is 20.6 Å². The van der Waals surface area contributed by atoms with E-state index >= 15 is 0 Å². The highest BCUT2D eigenvalue weighted by molar-refractivity contribution is 5.97. The topological polar surface area (TPSA) is 87.9 Å². The minimum Gasteiger partial charge on any atom is -0.395 e. The number of nitriles is 1. The average Bonchev–Trinajstić information content (AvgIpc) is 2.72. The quantitative estimate of drug-likeness (QED) is 0.923. The number of nitrogen functional groups attached to an aromatic ring is 1. The van der Waals surface area contributed by atoms with Crippen LogP contribution < -0.4 is 5.73 Å². The van der Waals surface area contributed by atoms with Crippen LogP contribution in [0.2, 0.25) is 0 Å². The summed E-state index contributed by atoms with van der Waals surface area (Å²) < 4.78 is 1.50. The summed E-state index contributed by atoms with van der Waals surface area (Å²) in [6.45, 7) is 2.21. The smallest absolute Gasteiger partial charge is 0.274 e. The summed E-state index contributed by atoms with van der Waals surface area (Å²) in [6.07, 6.45) is 0. The van der Waals surface area contributed by atoms with Crippen LogP contribution in [0.4, 0.5) is 5.69 Å². The predicted molar refractivity (Wildman–Crippen MR) is 79.3 cm³/mol. The van der Waals surface area contributed by atoms with E-state index in [1.165, 1.54) is 4.68 Å². The standard InChI is InChI=1S/C15H17N5O/c1-10-13(17)14(20(3)18-10)15(21)19(2)9-12-6-4-11(8-16)5-7-12/h4-7H,9,17H2,1-3H3. The number of amides is 1. The van der Waals surface area contributed by atoms with Gasteiger partial charge in [-0.25, -0.2) is 0 Å². The molecule has 21 heavy (non-hydrogen) atoms. The molecule has 108 valence electrons. The van der Waals surface area contributed by atoms with Crippen LogP contribution in [0.5, 0.6) is 0 Å². The lowest BCUT2D eigenvalue weighted by Gasteiger charge is -2.17. The summed E-state index contributed by atoms with van der Waals surface area (Å²) in [5.41, 5.74) is 8.90. The molecular formula is C15H17N5O. The van der Waals surface area contributed by atoms with Crippen molar-refractivity contribution in [2.45, 2.75) is 13.5 Å². The Morgan fingerprint density at radius 3 is 2.52 bits per heavy atom. The summed E-state index contributed by atoms with van der Waals surface area (Å²) in [5.74, 6) is -0.181. The minimum atomic E-state index is -0.181. The van der Waals surface area contributed by atoms with E-state index in [1.807, 2.05) is 12.1 Å². The molecular weight excluding hydrogens is 266 g/mol. The summed E-state index contributed by atoms with van der Waals surface area (Å²) >= 11 is 0. The van der Waals surface area contributed by atoms with Gasteiger partial charge in [-0.2, -0.15) is 10.4 Å². The molecule has 0 aliphatic carbocycles. The molecule has 2 aromatic rings. The Morgan fingerprint density at radius 1 is 1.43 bits per heavy atom. The van der Waals surface area contributed by atoms with Crippen molar-refractivity contribution in [1.29, 1.82) is 5.26 Å². The first kappa shape index (κ1) is 14.6. The first-order valence-corrected chi connectivity index (χ1v) is 6.47. The second-order valence-corrected chi connectivity index (χ2v) is 4.94. The van der Waals surface area contributed by atoms with Crippen molar-refractivity contribution in [2.75, 3.05) is 12.8 Å². The Labute approximate surface area is 123 Å². The van der Waals surface area contributed by atoms with Crippen LogP contribution in [0.15, 0.2) is 24.3 Å². The van der Waals surface area contributed by atoms with Gasteiger partial charge in [0.25, 0.3) is 5.91 Å². The number of aromatic nitrogens is 2. The van der Waals surface area contributed by atoms with Crippen LogP contribution in [0, 0.1) is 18.3 Å². The number of carbonyl (C=O) groups excluding carboxylic acids is 1. The third-order valence-electron chi connectivity index (χ3n) is 3.32. The van der Waals surface area contributed by atoms with E-state index in [1.54, 1.807) is 38.1 Å². The van der Waals surface area contributed by atoms with Crippen LogP contribution in [0.1, 0.15) is 27.3 Å². The fourth-order valence-corrected chi connectivity index (χ4v) is 2.14. The molecule has 2 rings (SSSR count). The van der Waals surface area contributed by atoms with E-state index < -0.39 is 0 Å². The zero-order valence-corrected chi connectivity index (χ0v) is 12.3. The van der Waals surface area contributed by atoms with E-state index in [4.69, 9.17) is 11.0 Å². The van der Waals surface area contributed by atoms with Crippen LogP contribution in [0.25, 0.3) is 0 Å². The summed E-state index contributed by atoms with van der Waals surface area (Å²) in [6, 6.07) is 9.20. The second kappa shape index (κ2) is 5.67. The number of benzene rings is 1. The summed E-state index contributed by atoms with van der Waals surface area (Å²) in [7, 11) is 3.41. The van der Waals surface area contributed by atoms with Crippen molar-refractivity contribution < 1.29 is 4.79 Å². The van der Waals surface area contributed by atoms with E-state index in [9.17, 15) is 4.79 Å². The molecule has 0 aliphatic rings. The van der Waals surface area contributed by atoms with Crippen molar-refractivity contribution in [1.82, 2.24) is 14.7 Å². The zero-order chi connectivity index (χ0) is 15.6. The molecule has 6 heteroatoms. The molecule has 1 heterocycles. The van der Waals surface area contributed by atoms with Crippen molar-refractivity contribution in [3.63, 3.8) is 0 Å².